The first kappa shape index (κ1) is 12.3. The largest absolute Gasteiger partial charge is 0.508 e. The van der Waals surface area contributed by atoms with Crippen LogP contribution in [0.1, 0.15) is 11.3 Å². The van der Waals surface area contributed by atoms with Gasteiger partial charge in [0.25, 0.3) is 0 Å². The highest BCUT2D eigenvalue weighted by atomic mass is 16.3. The first-order chi connectivity index (χ1) is 9.65. The summed E-state index contributed by atoms with van der Waals surface area (Å²) in [6.07, 6.45) is 1.92. The number of nitrogens with zero attached hydrogens (tertiary/aromatic N) is 4. The van der Waals surface area contributed by atoms with E-state index in [-0.39, 0.29) is 5.75 Å². The number of imidazole rings is 1. The highest BCUT2D eigenvalue weighted by Gasteiger charge is 2.09. The Morgan fingerprint density at radius 2 is 1.80 bits per heavy atom. The lowest BCUT2D eigenvalue weighted by Crippen LogP contribution is -1.85. The van der Waals surface area contributed by atoms with E-state index in [0.717, 1.165) is 22.7 Å². The number of rotatable bonds is 2. The molecule has 0 atom stereocenters. The predicted octanol–water partition coefficient (Wildman–Crippen LogP) is 4.07. The summed E-state index contributed by atoms with van der Waals surface area (Å²) in [6, 6.07) is 10.6. The lowest BCUT2D eigenvalue weighted by atomic mass is 10.3. The Labute approximate surface area is 116 Å². The van der Waals surface area contributed by atoms with E-state index in [4.69, 9.17) is 0 Å². The molecule has 0 saturated carbocycles. The van der Waals surface area contributed by atoms with Gasteiger partial charge in [0.1, 0.15) is 11.4 Å². The van der Waals surface area contributed by atoms with Gasteiger partial charge in [-0.15, -0.1) is 10.2 Å². The first-order valence-corrected chi connectivity index (χ1v) is 6.30. The van der Waals surface area contributed by atoms with E-state index in [1.165, 1.54) is 0 Å². The molecule has 0 radical (unpaired) electrons. The zero-order valence-electron chi connectivity index (χ0n) is 11.3. The van der Waals surface area contributed by atoms with Crippen molar-refractivity contribution in [1.82, 2.24) is 9.38 Å². The fourth-order valence-electron chi connectivity index (χ4n) is 2.05. The Morgan fingerprint density at radius 3 is 2.55 bits per heavy atom. The van der Waals surface area contributed by atoms with Crippen LogP contribution < -0.4 is 0 Å². The molecule has 3 aromatic rings. The molecule has 0 fully saturated rings. The molecule has 100 valence electrons. The summed E-state index contributed by atoms with van der Waals surface area (Å²) in [5, 5.41) is 17.7. The Bertz CT molecular complexity index is 787. The molecule has 5 heteroatoms. The van der Waals surface area contributed by atoms with Gasteiger partial charge in [-0.25, -0.2) is 4.98 Å². The second-order valence-corrected chi connectivity index (χ2v) is 4.62. The van der Waals surface area contributed by atoms with E-state index >= 15 is 0 Å². The van der Waals surface area contributed by atoms with Crippen molar-refractivity contribution in [2.45, 2.75) is 13.8 Å². The van der Waals surface area contributed by atoms with Crippen LogP contribution in [0.4, 0.5) is 11.5 Å². The molecule has 0 aliphatic rings. The molecule has 0 aliphatic carbocycles. The highest BCUT2D eigenvalue weighted by molar-refractivity contribution is 5.56. The van der Waals surface area contributed by atoms with Crippen LogP contribution in [0.2, 0.25) is 0 Å². The summed E-state index contributed by atoms with van der Waals surface area (Å²) >= 11 is 0. The van der Waals surface area contributed by atoms with Crippen LogP contribution in [0.3, 0.4) is 0 Å². The fraction of sp³-hybridized carbons (Fsp3) is 0.133. The Balaban J connectivity index is 2.04. The molecule has 3 rings (SSSR count). The fourth-order valence-corrected chi connectivity index (χ4v) is 2.05. The van der Waals surface area contributed by atoms with Crippen molar-refractivity contribution in [3.63, 3.8) is 0 Å². The molecule has 0 amide bonds. The second kappa shape index (κ2) is 4.77. The number of aryl methyl sites for hydroxylation is 2. The topological polar surface area (TPSA) is 62.2 Å². The van der Waals surface area contributed by atoms with E-state index in [2.05, 4.69) is 15.2 Å². The summed E-state index contributed by atoms with van der Waals surface area (Å²) in [6.45, 7) is 3.93. The van der Waals surface area contributed by atoms with E-state index in [0.29, 0.717) is 5.69 Å². The number of hydrogen-bond acceptors (Lipinski definition) is 4. The summed E-state index contributed by atoms with van der Waals surface area (Å²) in [7, 11) is 0. The van der Waals surface area contributed by atoms with Gasteiger partial charge in [0.2, 0.25) is 0 Å². The number of azo groups is 1. The molecule has 0 unspecified atom stereocenters. The average Bonchev–Trinajstić information content (AvgIpc) is 2.76. The molecule has 0 aliphatic heterocycles. The van der Waals surface area contributed by atoms with Crippen molar-refractivity contribution in [3.8, 4) is 5.75 Å². The lowest BCUT2D eigenvalue weighted by molar-refractivity contribution is 0.475. The molecular weight excluding hydrogens is 252 g/mol. The van der Waals surface area contributed by atoms with E-state index in [1.54, 1.807) is 24.3 Å². The molecule has 2 aromatic heterocycles. The van der Waals surface area contributed by atoms with Crippen molar-refractivity contribution in [2.75, 3.05) is 0 Å². The first-order valence-electron chi connectivity index (χ1n) is 6.30. The van der Waals surface area contributed by atoms with Crippen LogP contribution in [-0.2, 0) is 0 Å². The molecule has 0 saturated heterocycles. The third-order valence-corrected chi connectivity index (χ3v) is 3.10. The van der Waals surface area contributed by atoms with Gasteiger partial charge in [0.05, 0.1) is 11.4 Å². The van der Waals surface area contributed by atoms with Gasteiger partial charge in [-0.05, 0) is 49.7 Å². The molecule has 2 heterocycles. The molecule has 1 aromatic carbocycles. The third kappa shape index (κ3) is 2.14. The summed E-state index contributed by atoms with van der Waals surface area (Å²) in [5.74, 6) is 0.933. The second-order valence-electron chi connectivity index (χ2n) is 4.62. The lowest BCUT2D eigenvalue weighted by Gasteiger charge is -1.98. The number of phenols is 1. The summed E-state index contributed by atoms with van der Waals surface area (Å²) in [4.78, 5) is 4.51. The molecule has 1 N–H and O–H groups in total. The molecule has 0 bridgehead atoms. The van der Waals surface area contributed by atoms with Crippen LogP contribution in [0.5, 0.6) is 5.75 Å². The van der Waals surface area contributed by atoms with Gasteiger partial charge in [0, 0.05) is 6.20 Å². The number of aromatic nitrogens is 2. The maximum Gasteiger partial charge on any atom is 0.182 e. The number of fused-ring (bicyclic) bond motifs is 1. The molecule has 0 spiro atoms. The Hall–Kier alpha value is -2.69. The van der Waals surface area contributed by atoms with Gasteiger partial charge in [0.15, 0.2) is 5.82 Å². The minimum Gasteiger partial charge on any atom is -0.508 e. The normalized spacial score (nSPS) is 11.5. The van der Waals surface area contributed by atoms with Crippen molar-refractivity contribution < 1.29 is 5.11 Å². The van der Waals surface area contributed by atoms with E-state index < -0.39 is 0 Å². The van der Waals surface area contributed by atoms with Crippen molar-refractivity contribution in [3.05, 3.63) is 53.9 Å². The quantitative estimate of drug-likeness (QED) is 0.710. The van der Waals surface area contributed by atoms with Gasteiger partial charge < -0.3 is 5.11 Å². The van der Waals surface area contributed by atoms with Crippen LogP contribution in [0.25, 0.3) is 5.65 Å². The number of aromatic hydroxyl groups is 1. The van der Waals surface area contributed by atoms with Crippen LogP contribution in [0, 0.1) is 13.8 Å². The van der Waals surface area contributed by atoms with Gasteiger partial charge >= 0.3 is 0 Å². The highest BCUT2D eigenvalue weighted by Crippen LogP contribution is 2.25. The predicted molar refractivity (Wildman–Crippen MR) is 76.9 cm³/mol. The van der Waals surface area contributed by atoms with Crippen molar-refractivity contribution >= 4 is 17.2 Å². The Morgan fingerprint density at radius 1 is 1.05 bits per heavy atom. The van der Waals surface area contributed by atoms with Gasteiger partial charge in [-0.2, -0.15) is 0 Å². The monoisotopic (exact) mass is 266 g/mol. The Kier molecular flexibility index (Phi) is 2.95. The van der Waals surface area contributed by atoms with Gasteiger partial charge in [-0.1, -0.05) is 6.07 Å². The average molecular weight is 266 g/mol. The summed E-state index contributed by atoms with van der Waals surface area (Å²) in [5.41, 5.74) is 3.51. The van der Waals surface area contributed by atoms with Crippen molar-refractivity contribution in [1.29, 1.82) is 0 Å². The SMILES string of the molecule is Cc1nc2c(C)cccn2c1N=Nc1ccc(O)cc1. The molecular formula is C15H14N4O. The third-order valence-electron chi connectivity index (χ3n) is 3.10. The molecule has 5 nitrogen and oxygen atoms in total. The van der Waals surface area contributed by atoms with Gasteiger partial charge in [-0.3, -0.25) is 4.40 Å². The standard InChI is InChI=1S/C15H14N4O/c1-10-4-3-9-19-14(10)16-11(2)15(19)18-17-12-5-7-13(20)8-6-12/h3-9,20H,1-2H3. The minimum absolute atomic E-state index is 0.213. The molecule has 20 heavy (non-hydrogen) atoms. The number of benzene rings is 1. The maximum absolute atomic E-state index is 9.24. The van der Waals surface area contributed by atoms with E-state index in [1.807, 2.05) is 36.6 Å². The number of phenolic OH excluding ortho intramolecular Hbond substituents is 1. The maximum atomic E-state index is 9.24. The van der Waals surface area contributed by atoms with Crippen LogP contribution in [-0.4, -0.2) is 14.5 Å². The zero-order chi connectivity index (χ0) is 14.1. The minimum atomic E-state index is 0.213. The number of pyridine rings is 1. The van der Waals surface area contributed by atoms with Crippen molar-refractivity contribution in [2.24, 2.45) is 10.2 Å². The zero-order valence-corrected chi connectivity index (χ0v) is 11.3. The summed E-state index contributed by atoms with van der Waals surface area (Å²) < 4.78 is 1.93. The number of hydrogen-bond donors (Lipinski definition) is 1. The smallest absolute Gasteiger partial charge is 0.182 e. The van der Waals surface area contributed by atoms with Crippen LogP contribution >= 0.6 is 0 Å². The van der Waals surface area contributed by atoms with Crippen LogP contribution in [0.15, 0.2) is 52.8 Å². The van der Waals surface area contributed by atoms with E-state index in [9.17, 15) is 5.11 Å².